The summed E-state index contributed by atoms with van der Waals surface area (Å²) in [6, 6.07) is 0. The molecule has 0 radical (unpaired) electrons. The molecule has 0 aliphatic heterocycles. The van der Waals surface area contributed by atoms with Gasteiger partial charge in [0.15, 0.2) is 0 Å². The molecule has 0 amide bonds. The highest BCUT2D eigenvalue weighted by Gasteiger charge is 2.34. The third kappa shape index (κ3) is 6.19. The zero-order valence-electron chi connectivity index (χ0n) is 13.0. The zero-order chi connectivity index (χ0) is 13.5. The van der Waals surface area contributed by atoms with Crippen molar-refractivity contribution in [1.82, 2.24) is 5.32 Å². The minimum atomic E-state index is 0.235. The molecular weight excluding hydrogens is 222 g/mol. The van der Waals surface area contributed by atoms with Crippen molar-refractivity contribution < 1.29 is 4.74 Å². The molecule has 0 spiro atoms. The Balaban J connectivity index is 2.29. The molecule has 108 valence electrons. The molecule has 1 aliphatic rings. The van der Waals surface area contributed by atoms with Crippen LogP contribution in [0, 0.1) is 5.41 Å². The number of unbranched alkanes of at least 4 members (excludes halogenated alkanes) is 1. The fourth-order valence-electron chi connectivity index (χ4n) is 2.73. The number of nitrogens with one attached hydrogen (secondary N) is 1. The molecule has 1 aliphatic carbocycles. The Bertz CT molecular complexity index is 214. The highest BCUT2D eigenvalue weighted by Crippen LogP contribution is 2.40. The fourth-order valence-corrected chi connectivity index (χ4v) is 2.73. The summed E-state index contributed by atoms with van der Waals surface area (Å²) in [5.74, 6) is 0. The summed E-state index contributed by atoms with van der Waals surface area (Å²) in [6.45, 7) is 12.0. The first-order valence-electron chi connectivity index (χ1n) is 7.80. The minimum Gasteiger partial charge on any atom is -0.381 e. The topological polar surface area (TPSA) is 21.3 Å². The van der Waals surface area contributed by atoms with Gasteiger partial charge in [-0.15, -0.1) is 0 Å². The summed E-state index contributed by atoms with van der Waals surface area (Å²) < 4.78 is 5.77. The molecule has 1 fully saturated rings. The van der Waals surface area contributed by atoms with Gasteiger partial charge in [0.1, 0.15) is 0 Å². The monoisotopic (exact) mass is 255 g/mol. The molecule has 18 heavy (non-hydrogen) atoms. The van der Waals surface area contributed by atoms with Crippen LogP contribution >= 0.6 is 0 Å². The molecule has 0 aromatic rings. The Hall–Kier alpha value is -0.0800. The van der Waals surface area contributed by atoms with E-state index in [-0.39, 0.29) is 5.54 Å². The summed E-state index contributed by atoms with van der Waals surface area (Å²) in [5.41, 5.74) is 0.748. The van der Waals surface area contributed by atoms with E-state index in [9.17, 15) is 0 Å². The Morgan fingerprint density at radius 3 is 2.33 bits per heavy atom. The van der Waals surface area contributed by atoms with Gasteiger partial charge >= 0.3 is 0 Å². The second-order valence-electron chi connectivity index (χ2n) is 7.03. The van der Waals surface area contributed by atoms with E-state index in [1.165, 1.54) is 44.9 Å². The molecule has 0 aromatic heterocycles. The molecule has 0 aromatic carbocycles. The van der Waals surface area contributed by atoms with Crippen molar-refractivity contribution in [1.29, 1.82) is 0 Å². The van der Waals surface area contributed by atoms with Crippen molar-refractivity contribution in [3.63, 3.8) is 0 Å². The van der Waals surface area contributed by atoms with Gasteiger partial charge in [-0.1, -0.05) is 26.2 Å². The fraction of sp³-hybridized carbons (Fsp3) is 1.00. The standard InChI is InChI=1S/C16H33NO/c1-5-6-12-18-13-11-16(9-7-8-10-16)14-17-15(2,3)4/h17H,5-14H2,1-4H3. The van der Waals surface area contributed by atoms with Gasteiger partial charge in [-0.25, -0.2) is 0 Å². The maximum Gasteiger partial charge on any atom is 0.0471 e. The molecule has 2 heteroatoms. The van der Waals surface area contributed by atoms with Crippen molar-refractivity contribution in [2.75, 3.05) is 19.8 Å². The van der Waals surface area contributed by atoms with Crippen LogP contribution in [0.15, 0.2) is 0 Å². The number of rotatable bonds is 8. The Kier molecular flexibility index (Phi) is 6.65. The van der Waals surface area contributed by atoms with Crippen molar-refractivity contribution in [3.05, 3.63) is 0 Å². The van der Waals surface area contributed by atoms with Gasteiger partial charge in [0.05, 0.1) is 0 Å². The smallest absolute Gasteiger partial charge is 0.0471 e. The van der Waals surface area contributed by atoms with Crippen LogP contribution in [0.4, 0.5) is 0 Å². The van der Waals surface area contributed by atoms with E-state index < -0.39 is 0 Å². The molecule has 0 saturated heterocycles. The van der Waals surface area contributed by atoms with Crippen LogP contribution < -0.4 is 5.32 Å². The average molecular weight is 255 g/mol. The molecule has 1 rings (SSSR count). The lowest BCUT2D eigenvalue weighted by Gasteiger charge is -2.33. The van der Waals surface area contributed by atoms with Crippen LogP contribution in [0.25, 0.3) is 0 Å². The molecule has 1 saturated carbocycles. The van der Waals surface area contributed by atoms with Crippen molar-refractivity contribution in [3.8, 4) is 0 Å². The Morgan fingerprint density at radius 1 is 1.11 bits per heavy atom. The Morgan fingerprint density at radius 2 is 1.78 bits per heavy atom. The van der Waals surface area contributed by atoms with E-state index in [0.29, 0.717) is 5.41 Å². The number of hydrogen-bond donors (Lipinski definition) is 1. The van der Waals surface area contributed by atoms with Crippen molar-refractivity contribution in [2.24, 2.45) is 5.41 Å². The SMILES string of the molecule is CCCCOCCC1(CNC(C)(C)C)CCCC1. The van der Waals surface area contributed by atoms with Crippen molar-refractivity contribution >= 4 is 0 Å². The second-order valence-corrected chi connectivity index (χ2v) is 7.03. The van der Waals surface area contributed by atoms with Crippen LogP contribution in [0.5, 0.6) is 0 Å². The van der Waals surface area contributed by atoms with Gasteiger partial charge in [-0.05, 0) is 51.9 Å². The predicted molar refractivity (Wildman–Crippen MR) is 79.0 cm³/mol. The van der Waals surface area contributed by atoms with Crippen LogP contribution in [0.3, 0.4) is 0 Å². The van der Waals surface area contributed by atoms with E-state index >= 15 is 0 Å². The van der Waals surface area contributed by atoms with Gasteiger partial charge in [0.25, 0.3) is 0 Å². The van der Waals surface area contributed by atoms with Crippen LogP contribution in [-0.2, 0) is 4.74 Å². The molecule has 0 bridgehead atoms. The summed E-state index contributed by atoms with van der Waals surface area (Å²) >= 11 is 0. The van der Waals surface area contributed by atoms with E-state index in [0.717, 1.165) is 19.8 Å². The largest absolute Gasteiger partial charge is 0.381 e. The quantitative estimate of drug-likeness (QED) is 0.658. The van der Waals surface area contributed by atoms with E-state index in [1.807, 2.05) is 0 Å². The molecule has 1 N–H and O–H groups in total. The maximum atomic E-state index is 5.77. The van der Waals surface area contributed by atoms with E-state index in [4.69, 9.17) is 4.74 Å². The van der Waals surface area contributed by atoms with Crippen LogP contribution in [0.1, 0.15) is 72.6 Å². The number of ether oxygens (including phenoxy) is 1. The van der Waals surface area contributed by atoms with Gasteiger partial charge in [-0.2, -0.15) is 0 Å². The number of hydrogen-bond acceptors (Lipinski definition) is 2. The van der Waals surface area contributed by atoms with Gasteiger partial charge in [0.2, 0.25) is 0 Å². The lowest BCUT2D eigenvalue weighted by molar-refractivity contribution is 0.0892. The summed E-state index contributed by atoms with van der Waals surface area (Å²) in [6.07, 6.45) is 9.24. The molecule has 0 atom stereocenters. The van der Waals surface area contributed by atoms with E-state index in [2.05, 4.69) is 33.0 Å². The molecular formula is C16H33NO. The van der Waals surface area contributed by atoms with Crippen molar-refractivity contribution in [2.45, 2.75) is 78.2 Å². The summed E-state index contributed by atoms with van der Waals surface area (Å²) in [7, 11) is 0. The first kappa shape index (κ1) is 16.0. The van der Waals surface area contributed by atoms with Crippen LogP contribution in [0.2, 0.25) is 0 Å². The molecule has 2 nitrogen and oxygen atoms in total. The lowest BCUT2D eigenvalue weighted by Crippen LogP contribution is -2.43. The molecule has 0 heterocycles. The highest BCUT2D eigenvalue weighted by molar-refractivity contribution is 4.88. The summed E-state index contributed by atoms with van der Waals surface area (Å²) in [5, 5.41) is 3.70. The normalized spacial score (nSPS) is 19.3. The predicted octanol–water partition coefficient (Wildman–Crippen LogP) is 4.14. The molecule has 0 unspecified atom stereocenters. The third-order valence-electron chi connectivity index (χ3n) is 4.08. The Labute approximate surface area is 114 Å². The van der Waals surface area contributed by atoms with Gasteiger partial charge in [-0.3, -0.25) is 0 Å². The summed E-state index contributed by atoms with van der Waals surface area (Å²) in [4.78, 5) is 0. The lowest BCUT2D eigenvalue weighted by atomic mass is 9.82. The van der Waals surface area contributed by atoms with Gasteiger partial charge < -0.3 is 10.1 Å². The average Bonchev–Trinajstić information content (AvgIpc) is 2.75. The van der Waals surface area contributed by atoms with Gasteiger partial charge in [0, 0.05) is 25.3 Å². The first-order chi connectivity index (χ1) is 8.47. The van der Waals surface area contributed by atoms with E-state index in [1.54, 1.807) is 0 Å². The first-order valence-corrected chi connectivity index (χ1v) is 7.80. The highest BCUT2D eigenvalue weighted by atomic mass is 16.5. The zero-order valence-corrected chi connectivity index (χ0v) is 13.0. The second kappa shape index (κ2) is 7.49. The third-order valence-corrected chi connectivity index (χ3v) is 4.08. The minimum absolute atomic E-state index is 0.235. The van der Waals surface area contributed by atoms with Crippen LogP contribution in [-0.4, -0.2) is 25.3 Å². The maximum absolute atomic E-state index is 5.77.